The number of halogens is 1. The zero-order chi connectivity index (χ0) is 13.7. The standard InChI is InChI=1S/C14H13ClN2O2/c15-7-10-2-1-3-11(6-10)8-17-14(19)12-9-16-5-4-13(12)18/h1-6,9H,7-8H2,(H,16,18)(H,17,19). The van der Waals surface area contributed by atoms with Crippen LogP contribution in [-0.2, 0) is 12.4 Å². The Labute approximate surface area is 115 Å². The number of carbonyl (C=O) groups excluding carboxylic acids is 1. The van der Waals surface area contributed by atoms with Crippen molar-refractivity contribution in [2.75, 3.05) is 0 Å². The molecule has 0 aliphatic rings. The van der Waals surface area contributed by atoms with Gasteiger partial charge in [-0.2, -0.15) is 0 Å². The van der Waals surface area contributed by atoms with Crippen LogP contribution in [0, 0.1) is 0 Å². The van der Waals surface area contributed by atoms with Crippen LogP contribution >= 0.6 is 11.6 Å². The maximum Gasteiger partial charge on any atom is 0.257 e. The summed E-state index contributed by atoms with van der Waals surface area (Å²) in [6.45, 7) is 0.359. The van der Waals surface area contributed by atoms with Gasteiger partial charge in [-0.05, 0) is 11.1 Å². The van der Waals surface area contributed by atoms with Crippen LogP contribution < -0.4 is 10.7 Å². The monoisotopic (exact) mass is 276 g/mol. The third kappa shape index (κ3) is 3.45. The summed E-state index contributed by atoms with van der Waals surface area (Å²) < 4.78 is 0. The van der Waals surface area contributed by atoms with Crippen LogP contribution in [-0.4, -0.2) is 10.9 Å². The average Bonchev–Trinajstić information content (AvgIpc) is 2.45. The lowest BCUT2D eigenvalue weighted by Gasteiger charge is -2.06. The summed E-state index contributed by atoms with van der Waals surface area (Å²) in [4.78, 5) is 26.0. The van der Waals surface area contributed by atoms with Gasteiger partial charge in [0, 0.05) is 30.9 Å². The second kappa shape index (κ2) is 6.20. The Morgan fingerprint density at radius 3 is 2.79 bits per heavy atom. The first-order valence-electron chi connectivity index (χ1n) is 5.80. The fourth-order valence-electron chi connectivity index (χ4n) is 1.69. The fraction of sp³-hybridized carbons (Fsp3) is 0.143. The van der Waals surface area contributed by atoms with Gasteiger partial charge in [0.15, 0.2) is 5.43 Å². The number of rotatable bonds is 4. The van der Waals surface area contributed by atoms with E-state index in [0.29, 0.717) is 12.4 Å². The van der Waals surface area contributed by atoms with Gasteiger partial charge in [-0.25, -0.2) is 0 Å². The molecular weight excluding hydrogens is 264 g/mol. The van der Waals surface area contributed by atoms with Crippen molar-refractivity contribution in [3.63, 3.8) is 0 Å². The zero-order valence-electron chi connectivity index (χ0n) is 10.2. The van der Waals surface area contributed by atoms with E-state index in [1.165, 1.54) is 18.5 Å². The van der Waals surface area contributed by atoms with Gasteiger partial charge in [-0.15, -0.1) is 11.6 Å². The lowest BCUT2D eigenvalue weighted by Crippen LogP contribution is -2.28. The molecule has 1 aromatic heterocycles. The first kappa shape index (κ1) is 13.4. The van der Waals surface area contributed by atoms with Crippen LogP contribution in [0.5, 0.6) is 0 Å². The summed E-state index contributed by atoms with van der Waals surface area (Å²) in [5.74, 6) is 0.0401. The summed E-state index contributed by atoms with van der Waals surface area (Å²) >= 11 is 5.75. The van der Waals surface area contributed by atoms with Crippen LogP contribution in [0.15, 0.2) is 47.5 Å². The molecule has 0 fully saturated rings. The predicted octanol–water partition coefficient (Wildman–Crippen LogP) is 2.04. The largest absolute Gasteiger partial charge is 0.367 e. The zero-order valence-corrected chi connectivity index (χ0v) is 10.9. The fourth-order valence-corrected chi connectivity index (χ4v) is 1.86. The number of aromatic amines is 1. The maximum absolute atomic E-state index is 11.8. The van der Waals surface area contributed by atoms with E-state index >= 15 is 0 Å². The van der Waals surface area contributed by atoms with Crippen LogP contribution in [0.3, 0.4) is 0 Å². The molecule has 0 atom stereocenters. The van der Waals surface area contributed by atoms with E-state index in [1.54, 1.807) is 0 Å². The first-order valence-corrected chi connectivity index (χ1v) is 6.33. The van der Waals surface area contributed by atoms with Gasteiger partial charge in [-0.3, -0.25) is 9.59 Å². The highest BCUT2D eigenvalue weighted by molar-refractivity contribution is 6.17. The molecule has 5 heteroatoms. The van der Waals surface area contributed by atoms with Crippen LogP contribution in [0.25, 0.3) is 0 Å². The van der Waals surface area contributed by atoms with E-state index in [9.17, 15) is 9.59 Å². The summed E-state index contributed by atoms with van der Waals surface area (Å²) in [5.41, 5.74) is 1.74. The highest BCUT2D eigenvalue weighted by Crippen LogP contribution is 2.07. The molecule has 0 aliphatic heterocycles. The number of amides is 1. The molecule has 0 saturated carbocycles. The van der Waals surface area contributed by atoms with Crippen molar-refractivity contribution in [1.29, 1.82) is 0 Å². The topological polar surface area (TPSA) is 62.0 Å². The molecule has 1 amide bonds. The number of hydrogen-bond acceptors (Lipinski definition) is 2. The number of carbonyl (C=O) groups is 1. The molecule has 2 rings (SSSR count). The lowest BCUT2D eigenvalue weighted by atomic mass is 10.1. The van der Waals surface area contributed by atoms with Gasteiger partial charge >= 0.3 is 0 Å². The number of alkyl halides is 1. The van der Waals surface area contributed by atoms with E-state index in [4.69, 9.17) is 11.6 Å². The Morgan fingerprint density at radius 2 is 2.05 bits per heavy atom. The summed E-state index contributed by atoms with van der Waals surface area (Å²) in [6, 6.07) is 8.94. The summed E-state index contributed by atoms with van der Waals surface area (Å²) in [6.07, 6.45) is 2.88. The predicted molar refractivity (Wildman–Crippen MR) is 74.2 cm³/mol. The van der Waals surface area contributed by atoms with Crippen molar-refractivity contribution < 1.29 is 4.79 Å². The number of H-pyrrole nitrogens is 1. The molecule has 1 heterocycles. The number of pyridine rings is 1. The Morgan fingerprint density at radius 1 is 1.26 bits per heavy atom. The highest BCUT2D eigenvalue weighted by Gasteiger charge is 2.08. The molecule has 0 spiro atoms. The highest BCUT2D eigenvalue weighted by atomic mass is 35.5. The maximum atomic E-state index is 11.8. The number of nitrogens with one attached hydrogen (secondary N) is 2. The molecule has 0 saturated heterocycles. The third-order valence-electron chi connectivity index (χ3n) is 2.67. The normalized spacial score (nSPS) is 10.2. The van der Waals surface area contributed by atoms with Crippen molar-refractivity contribution in [2.45, 2.75) is 12.4 Å². The van der Waals surface area contributed by atoms with E-state index in [1.807, 2.05) is 24.3 Å². The summed E-state index contributed by atoms with van der Waals surface area (Å²) in [7, 11) is 0. The van der Waals surface area contributed by atoms with Gasteiger partial charge in [0.25, 0.3) is 5.91 Å². The van der Waals surface area contributed by atoms with Crippen molar-refractivity contribution in [3.05, 3.63) is 69.6 Å². The molecule has 2 N–H and O–H groups in total. The SMILES string of the molecule is O=C(NCc1cccc(CCl)c1)c1c[nH]ccc1=O. The van der Waals surface area contributed by atoms with E-state index < -0.39 is 5.91 Å². The Balaban J connectivity index is 2.04. The quantitative estimate of drug-likeness (QED) is 0.840. The molecule has 2 aromatic rings. The van der Waals surface area contributed by atoms with Gasteiger partial charge in [0.1, 0.15) is 5.56 Å². The Kier molecular flexibility index (Phi) is 4.36. The second-order valence-corrected chi connectivity index (χ2v) is 4.33. The molecule has 4 nitrogen and oxygen atoms in total. The number of hydrogen-bond donors (Lipinski definition) is 2. The number of aromatic nitrogens is 1. The first-order chi connectivity index (χ1) is 9.20. The van der Waals surface area contributed by atoms with E-state index in [-0.39, 0.29) is 11.0 Å². The molecule has 0 aliphatic carbocycles. The smallest absolute Gasteiger partial charge is 0.257 e. The molecule has 0 radical (unpaired) electrons. The van der Waals surface area contributed by atoms with Crippen molar-refractivity contribution >= 4 is 17.5 Å². The van der Waals surface area contributed by atoms with Crippen molar-refractivity contribution in [3.8, 4) is 0 Å². The average molecular weight is 277 g/mol. The van der Waals surface area contributed by atoms with Crippen molar-refractivity contribution in [1.82, 2.24) is 10.3 Å². The van der Waals surface area contributed by atoms with Gasteiger partial charge in [-0.1, -0.05) is 24.3 Å². The van der Waals surface area contributed by atoms with Crippen LogP contribution in [0.4, 0.5) is 0 Å². The van der Waals surface area contributed by atoms with Crippen LogP contribution in [0.2, 0.25) is 0 Å². The minimum Gasteiger partial charge on any atom is -0.367 e. The second-order valence-electron chi connectivity index (χ2n) is 4.06. The molecule has 0 unspecified atom stereocenters. The van der Waals surface area contributed by atoms with Crippen molar-refractivity contribution in [2.24, 2.45) is 0 Å². The minimum absolute atomic E-state index is 0.107. The third-order valence-corrected chi connectivity index (χ3v) is 2.98. The minimum atomic E-state index is -0.391. The lowest BCUT2D eigenvalue weighted by molar-refractivity contribution is 0.0949. The van der Waals surface area contributed by atoms with Gasteiger partial charge in [0.05, 0.1) is 0 Å². The van der Waals surface area contributed by atoms with E-state index in [2.05, 4.69) is 10.3 Å². The summed E-state index contributed by atoms with van der Waals surface area (Å²) in [5, 5.41) is 2.71. The molecule has 0 bridgehead atoms. The molecule has 98 valence electrons. The van der Waals surface area contributed by atoms with E-state index in [0.717, 1.165) is 11.1 Å². The Bertz CT molecular complexity index is 637. The molecular formula is C14H13ClN2O2. The number of benzene rings is 1. The van der Waals surface area contributed by atoms with Crippen LogP contribution in [0.1, 0.15) is 21.5 Å². The van der Waals surface area contributed by atoms with Gasteiger partial charge in [0.2, 0.25) is 0 Å². The van der Waals surface area contributed by atoms with Gasteiger partial charge < -0.3 is 10.3 Å². The molecule has 19 heavy (non-hydrogen) atoms. The molecule has 1 aromatic carbocycles. The Hall–Kier alpha value is -2.07.